The highest BCUT2D eigenvalue weighted by atomic mass is 32.2. The van der Waals surface area contributed by atoms with E-state index in [1.165, 1.54) is 20.2 Å². The van der Waals surface area contributed by atoms with E-state index in [-0.39, 0.29) is 24.9 Å². The lowest BCUT2D eigenvalue weighted by molar-refractivity contribution is -0.132. The van der Waals surface area contributed by atoms with E-state index in [0.717, 1.165) is 16.9 Å². The second kappa shape index (κ2) is 15.3. The summed E-state index contributed by atoms with van der Waals surface area (Å²) >= 11 is 1.70. The Labute approximate surface area is 273 Å². The summed E-state index contributed by atoms with van der Waals surface area (Å²) in [7, 11) is 0. The average molecular weight is 651 g/mol. The Kier molecular flexibility index (Phi) is 11.5. The smallest absolute Gasteiger partial charge is 0.408 e. The minimum atomic E-state index is -1.42. The number of hydrogen-bond donors (Lipinski definition) is 3. The number of thioether (sulfide) groups is 1. The number of ether oxygens (including phenoxy) is 2. The molecule has 0 radical (unpaired) electrons. The molecule has 1 saturated heterocycles. The highest BCUT2D eigenvalue weighted by Gasteiger charge is 2.35. The van der Waals surface area contributed by atoms with Crippen LogP contribution in [-0.2, 0) is 30.5 Å². The topological polar surface area (TPSA) is 144 Å². The van der Waals surface area contributed by atoms with Crippen molar-refractivity contribution in [2.45, 2.75) is 64.4 Å². The maximum Gasteiger partial charge on any atom is 0.408 e. The van der Waals surface area contributed by atoms with E-state index in [1.807, 2.05) is 65.6 Å². The Morgan fingerprint density at radius 3 is 2.28 bits per heavy atom. The SMILES string of the molecule is CC(C)(C)OC(=O)NC(C)(C)C(=O)NC(COCc1ccccc1)C(=O)Nc1cn(C(C(=O)N2CCSC2)c2ccccc2)cn1. The van der Waals surface area contributed by atoms with Gasteiger partial charge in [-0.2, -0.15) is 0 Å². The van der Waals surface area contributed by atoms with Crippen LogP contribution in [0.2, 0.25) is 0 Å². The first-order valence-corrected chi connectivity index (χ1v) is 16.2. The number of hydrogen-bond acceptors (Lipinski definition) is 8. The van der Waals surface area contributed by atoms with Crippen LogP contribution in [0.3, 0.4) is 0 Å². The van der Waals surface area contributed by atoms with Crippen LogP contribution in [0.15, 0.2) is 73.2 Å². The summed E-state index contributed by atoms with van der Waals surface area (Å²) in [5.74, 6) is 0.420. The largest absolute Gasteiger partial charge is 0.444 e. The molecule has 1 aromatic heterocycles. The highest BCUT2D eigenvalue weighted by Crippen LogP contribution is 2.26. The maximum absolute atomic E-state index is 13.6. The molecule has 0 aliphatic carbocycles. The third-order valence-corrected chi connectivity index (χ3v) is 7.93. The fourth-order valence-corrected chi connectivity index (χ4v) is 5.56. The number of amides is 4. The number of benzene rings is 2. The third-order valence-electron chi connectivity index (χ3n) is 6.96. The van der Waals surface area contributed by atoms with Gasteiger partial charge >= 0.3 is 6.09 Å². The number of carbonyl (C=O) groups is 4. The lowest BCUT2D eigenvalue weighted by atomic mass is 10.0. The zero-order chi connectivity index (χ0) is 33.3. The van der Waals surface area contributed by atoms with Gasteiger partial charge in [0.2, 0.25) is 5.91 Å². The second-order valence-corrected chi connectivity index (χ2v) is 13.5. The van der Waals surface area contributed by atoms with Crippen LogP contribution in [0.25, 0.3) is 0 Å². The normalized spacial score (nSPS) is 14.7. The van der Waals surface area contributed by atoms with Crippen molar-refractivity contribution in [1.82, 2.24) is 25.1 Å². The Bertz CT molecular complexity index is 1490. The quantitative estimate of drug-likeness (QED) is 0.268. The number of carbonyl (C=O) groups excluding carboxylic acids is 4. The number of rotatable bonds is 12. The van der Waals surface area contributed by atoms with E-state index < -0.39 is 41.1 Å². The average Bonchev–Trinajstić information content (AvgIpc) is 3.69. The van der Waals surface area contributed by atoms with Crippen molar-refractivity contribution in [1.29, 1.82) is 0 Å². The first kappa shape index (κ1) is 34.5. The monoisotopic (exact) mass is 650 g/mol. The minimum Gasteiger partial charge on any atom is -0.444 e. The molecule has 246 valence electrons. The summed E-state index contributed by atoms with van der Waals surface area (Å²) in [4.78, 5) is 59.0. The number of alkyl carbamates (subject to hydrolysis) is 1. The molecule has 13 heteroatoms. The van der Waals surface area contributed by atoms with Crippen molar-refractivity contribution >= 4 is 41.4 Å². The molecule has 3 N–H and O–H groups in total. The van der Waals surface area contributed by atoms with Crippen LogP contribution in [0.5, 0.6) is 0 Å². The molecule has 4 amide bonds. The van der Waals surface area contributed by atoms with Crippen molar-refractivity contribution < 1.29 is 28.7 Å². The molecule has 2 heterocycles. The second-order valence-electron chi connectivity index (χ2n) is 12.4. The number of aromatic nitrogens is 2. The first-order chi connectivity index (χ1) is 21.8. The molecule has 0 spiro atoms. The summed E-state index contributed by atoms with van der Waals surface area (Å²) < 4.78 is 12.8. The number of anilines is 1. The van der Waals surface area contributed by atoms with Crippen LogP contribution in [0, 0.1) is 0 Å². The van der Waals surface area contributed by atoms with Gasteiger partial charge in [0.05, 0.1) is 25.4 Å². The van der Waals surface area contributed by atoms with Crippen LogP contribution in [-0.4, -0.2) is 80.2 Å². The first-order valence-electron chi connectivity index (χ1n) is 15.0. The van der Waals surface area contributed by atoms with Gasteiger partial charge in [-0.15, -0.1) is 11.8 Å². The van der Waals surface area contributed by atoms with E-state index in [0.29, 0.717) is 12.4 Å². The van der Waals surface area contributed by atoms with Gasteiger partial charge in [-0.05, 0) is 45.7 Å². The van der Waals surface area contributed by atoms with Crippen LogP contribution in [0.1, 0.15) is 51.8 Å². The molecule has 2 aromatic carbocycles. The van der Waals surface area contributed by atoms with Crippen LogP contribution in [0.4, 0.5) is 10.6 Å². The predicted molar refractivity (Wildman–Crippen MR) is 176 cm³/mol. The molecule has 12 nitrogen and oxygen atoms in total. The Morgan fingerprint density at radius 1 is 0.978 bits per heavy atom. The van der Waals surface area contributed by atoms with Crippen molar-refractivity contribution in [3.63, 3.8) is 0 Å². The van der Waals surface area contributed by atoms with Crippen molar-refractivity contribution in [2.75, 3.05) is 30.1 Å². The van der Waals surface area contributed by atoms with Gasteiger partial charge in [0.1, 0.15) is 23.2 Å². The van der Waals surface area contributed by atoms with Gasteiger partial charge in [-0.25, -0.2) is 9.78 Å². The molecule has 4 rings (SSSR count). The Balaban J connectivity index is 1.49. The highest BCUT2D eigenvalue weighted by molar-refractivity contribution is 7.99. The number of nitrogens with zero attached hydrogens (tertiary/aromatic N) is 3. The zero-order valence-electron chi connectivity index (χ0n) is 26.8. The van der Waals surface area contributed by atoms with Crippen molar-refractivity contribution in [2.24, 2.45) is 0 Å². The molecule has 0 bridgehead atoms. The van der Waals surface area contributed by atoms with E-state index >= 15 is 0 Å². The summed E-state index contributed by atoms with van der Waals surface area (Å²) in [6, 6.07) is 17.0. The number of imidazole rings is 1. The van der Waals surface area contributed by atoms with E-state index in [4.69, 9.17) is 9.47 Å². The fraction of sp³-hybridized carbons (Fsp3) is 0.424. The van der Waals surface area contributed by atoms with Gasteiger partial charge < -0.3 is 34.9 Å². The molecule has 2 unspecified atom stereocenters. The fourth-order valence-electron chi connectivity index (χ4n) is 4.60. The zero-order valence-corrected chi connectivity index (χ0v) is 27.6. The van der Waals surface area contributed by atoms with Crippen LogP contribution >= 0.6 is 11.8 Å². The van der Waals surface area contributed by atoms with Crippen molar-refractivity contribution in [3.05, 3.63) is 84.3 Å². The van der Waals surface area contributed by atoms with Gasteiger partial charge in [-0.3, -0.25) is 14.4 Å². The van der Waals surface area contributed by atoms with Crippen molar-refractivity contribution in [3.8, 4) is 0 Å². The van der Waals surface area contributed by atoms with Crippen LogP contribution < -0.4 is 16.0 Å². The summed E-state index contributed by atoms with van der Waals surface area (Å²) in [5.41, 5.74) is -0.491. The Morgan fingerprint density at radius 2 is 1.65 bits per heavy atom. The lowest BCUT2D eigenvalue weighted by Gasteiger charge is -2.29. The molecule has 3 aromatic rings. The Hall–Kier alpha value is -4.36. The standard InChI is InChI=1S/C33H42N6O6S/c1-32(2,3)45-31(43)37-33(4,5)30(42)35-25(20-44-19-23-12-8-6-9-13-23)28(40)36-26-18-39(21-34-26)27(24-14-10-7-11-15-24)29(41)38-16-17-46-22-38/h6-15,18,21,25,27H,16-17,19-20,22H2,1-5H3,(H,35,42)(H,36,40)(H,37,43). The molecule has 1 aliphatic heterocycles. The molecular formula is C33H42N6O6S. The third kappa shape index (κ3) is 9.82. The minimum absolute atomic E-state index is 0.0642. The number of nitrogens with one attached hydrogen (secondary N) is 3. The molecule has 1 fully saturated rings. The summed E-state index contributed by atoms with van der Waals surface area (Å²) in [5, 5.41) is 8.00. The predicted octanol–water partition coefficient (Wildman–Crippen LogP) is 3.95. The molecule has 46 heavy (non-hydrogen) atoms. The lowest BCUT2D eigenvalue weighted by Crippen LogP contribution is -2.59. The van der Waals surface area contributed by atoms with E-state index in [2.05, 4.69) is 20.9 Å². The van der Waals surface area contributed by atoms with Gasteiger partial charge in [-0.1, -0.05) is 60.7 Å². The summed E-state index contributed by atoms with van der Waals surface area (Å²) in [6.07, 6.45) is 2.32. The molecule has 1 aliphatic rings. The van der Waals surface area contributed by atoms with E-state index in [9.17, 15) is 19.2 Å². The van der Waals surface area contributed by atoms with E-state index in [1.54, 1.807) is 43.3 Å². The van der Waals surface area contributed by atoms with Gasteiger partial charge in [0, 0.05) is 18.5 Å². The van der Waals surface area contributed by atoms with Gasteiger partial charge in [0.25, 0.3) is 11.8 Å². The van der Waals surface area contributed by atoms with Gasteiger partial charge in [0.15, 0.2) is 5.82 Å². The molecular weight excluding hydrogens is 608 g/mol. The molecule has 2 atom stereocenters. The molecule has 0 saturated carbocycles. The maximum atomic E-state index is 13.6. The summed E-state index contributed by atoms with van der Waals surface area (Å²) in [6.45, 7) is 8.88.